The number of hydrogen-bond acceptors (Lipinski definition) is 7. The number of nitrogens with two attached hydrogens (primary N) is 1. The molecule has 1 aromatic heterocycles. The highest BCUT2D eigenvalue weighted by molar-refractivity contribution is 9.10. The molecule has 0 unspecified atom stereocenters. The van der Waals surface area contributed by atoms with Crippen molar-refractivity contribution in [3.8, 4) is 0 Å². The average molecular weight is 407 g/mol. The molecule has 0 saturated carbocycles. The Morgan fingerprint density at radius 1 is 1.19 bits per heavy atom. The number of rotatable bonds is 3. The highest BCUT2D eigenvalue weighted by Gasteiger charge is 2.20. The van der Waals surface area contributed by atoms with Crippen molar-refractivity contribution in [3.63, 3.8) is 0 Å². The molecule has 0 fully saturated rings. The fraction of sp³-hybridized carbons (Fsp3) is 0. The molecular formula is C10H6BrCl2N7S. The van der Waals surface area contributed by atoms with Gasteiger partial charge in [0.2, 0.25) is 5.95 Å². The molecule has 0 bridgehead atoms. The second-order valence-electron chi connectivity index (χ2n) is 3.84. The SMILES string of the molecule is NNc1ncc(Br)c(Nc2c(Cl)cc(Cl)c3c2N=S=N3)n1. The maximum absolute atomic E-state index is 6.23. The molecule has 108 valence electrons. The summed E-state index contributed by atoms with van der Waals surface area (Å²) in [6, 6.07) is 1.60. The number of halogens is 3. The second kappa shape index (κ2) is 5.85. The van der Waals surface area contributed by atoms with Crippen LogP contribution in [0.25, 0.3) is 0 Å². The molecule has 4 N–H and O–H groups in total. The molecule has 2 heterocycles. The normalized spacial score (nSPS) is 12.0. The van der Waals surface area contributed by atoms with Gasteiger partial charge in [-0.1, -0.05) is 23.2 Å². The lowest BCUT2D eigenvalue weighted by molar-refractivity contribution is 1.11. The zero-order valence-electron chi connectivity index (χ0n) is 10.1. The van der Waals surface area contributed by atoms with E-state index < -0.39 is 0 Å². The summed E-state index contributed by atoms with van der Waals surface area (Å²) in [6.07, 6.45) is 1.56. The van der Waals surface area contributed by atoms with Gasteiger partial charge in [-0.3, -0.25) is 5.43 Å². The van der Waals surface area contributed by atoms with Gasteiger partial charge >= 0.3 is 0 Å². The third-order valence-corrected chi connectivity index (χ3v) is 4.26. The van der Waals surface area contributed by atoms with Gasteiger partial charge in [0.1, 0.15) is 11.4 Å². The van der Waals surface area contributed by atoms with Crippen molar-refractivity contribution >= 4 is 79.3 Å². The van der Waals surface area contributed by atoms with Gasteiger partial charge in [0.15, 0.2) is 5.82 Å². The Labute approximate surface area is 141 Å². The summed E-state index contributed by atoms with van der Waals surface area (Å²) in [5.74, 6) is 6.05. The predicted octanol–water partition coefficient (Wildman–Crippen LogP) is 4.30. The predicted molar refractivity (Wildman–Crippen MR) is 88.8 cm³/mol. The molecule has 21 heavy (non-hydrogen) atoms. The summed E-state index contributed by atoms with van der Waals surface area (Å²) >= 11 is 16.7. The third kappa shape index (κ3) is 2.74. The largest absolute Gasteiger partial charge is 0.336 e. The van der Waals surface area contributed by atoms with Crippen LogP contribution in [0.15, 0.2) is 25.5 Å². The fourth-order valence-electron chi connectivity index (χ4n) is 1.64. The lowest BCUT2D eigenvalue weighted by Gasteiger charge is -2.13. The van der Waals surface area contributed by atoms with Crippen molar-refractivity contribution in [2.75, 3.05) is 10.7 Å². The monoisotopic (exact) mass is 405 g/mol. The summed E-state index contributed by atoms with van der Waals surface area (Å²) in [7, 11) is 0. The smallest absolute Gasteiger partial charge is 0.239 e. The molecule has 0 spiro atoms. The number of anilines is 3. The summed E-state index contributed by atoms with van der Waals surface area (Å²) in [4.78, 5) is 8.17. The zero-order valence-corrected chi connectivity index (χ0v) is 14.0. The van der Waals surface area contributed by atoms with Gasteiger partial charge in [-0.25, -0.2) is 10.8 Å². The Balaban J connectivity index is 2.08. The van der Waals surface area contributed by atoms with Crippen LogP contribution in [0, 0.1) is 0 Å². The lowest BCUT2D eigenvalue weighted by atomic mass is 10.2. The Morgan fingerprint density at radius 2 is 1.95 bits per heavy atom. The Hall–Kier alpha value is -1.26. The molecular weight excluding hydrogens is 401 g/mol. The van der Waals surface area contributed by atoms with Crippen molar-refractivity contribution < 1.29 is 0 Å². The number of nitrogens with one attached hydrogen (secondary N) is 2. The van der Waals surface area contributed by atoms with Gasteiger partial charge in [0.25, 0.3) is 0 Å². The van der Waals surface area contributed by atoms with Gasteiger partial charge in [-0.15, -0.1) is 0 Å². The Kier molecular flexibility index (Phi) is 4.09. The average Bonchev–Trinajstić information content (AvgIpc) is 2.95. The van der Waals surface area contributed by atoms with Crippen LogP contribution in [0.2, 0.25) is 10.0 Å². The van der Waals surface area contributed by atoms with Crippen LogP contribution in [0.4, 0.5) is 28.8 Å². The van der Waals surface area contributed by atoms with E-state index in [2.05, 4.69) is 45.4 Å². The topological polar surface area (TPSA) is 101 Å². The standard InChI is InChI=1S/C10H6BrCl2N7S/c11-3-2-15-10(18-14)17-9(3)16-6-4(12)1-5(13)7-8(6)20-21-19-7/h1-2H,14H2,(H2,15,16,17,18). The van der Waals surface area contributed by atoms with Gasteiger partial charge in [0.05, 0.1) is 31.6 Å². The minimum absolute atomic E-state index is 0.262. The minimum Gasteiger partial charge on any atom is -0.336 e. The van der Waals surface area contributed by atoms with Crippen molar-refractivity contribution in [1.29, 1.82) is 0 Å². The number of fused-ring (bicyclic) bond motifs is 1. The first kappa shape index (κ1) is 14.7. The lowest BCUT2D eigenvalue weighted by Crippen LogP contribution is -2.11. The number of nitrogens with zero attached hydrogens (tertiary/aromatic N) is 4. The van der Waals surface area contributed by atoms with E-state index in [1.807, 2.05) is 0 Å². The van der Waals surface area contributed by atoms with Crippen LogP contribution in [-0.2, 0) is 11.4 Å². The molecule has 0 atom stereocenters. The van der Waals surface area contributed by atoms with E-state index in [0.717, 1.165) is 11.4 Å². The molecule has 3 rings (SSSR count). The van der Waals surface area contributed by atoms with E-state index in [1.165, 1.54) is 0 Å². The molecule has 0 aliphatic carbocycles. The second-order valence-corrected chi connectivity index (χ2v) is 6.03. The molecule has 0 saturated heterocycles. The fourth-order valence-corrected chi connectivity index (χ4v) is 3.09. The van der Waals surface area contributed by atoms with Gasteiger partial charge in [-0.2, -0.15) is 13.7 Å². The highest BCUT2D eigenvalue weighted by Crippen LogP contribution is 2.48. The summed E-state index contributed by atoms with van der Waals surface area (Å²) in [5, 5.41) is 3.95. The van der Waals surface area contributed by atoms with Crippen LogP contribution in [0.3, 0.4) is 0 Å². The highest BCUT2D eigenvalue weighted by atomic mass is 79.9. The molecule has 1 aliphatic heterocycles. The van der Waals surface area contributed by atoms with E-state index in [9.17, 15) is 0 Å². The van der Waals surface area contributed by atoms with Crippen LogP contribution in [0.5, 0.6) is 0 Å². The summed E-state index contributed by atoms with van der Waals surface area (Å²) in [6.45, 7) is 0. The summed E-state index contributed by atoms with van der Waals surface area (Å²) < 4.78 is 8.99. The molecule has 0 amide bonds. The van der Waals surface area contributed by atoms with Crippen molar-refractivity contribution in [3.05, 3.63) is 26.8 Å². The summed E-state index contributed by atoms with van der Waals surface area (Å²) in [5.41, 5.74) is 4.09. The van der Waals surface area contributed by atoms with E-state index in [1.54, 1.807) is 12.3 Å². The van der Waals surface area contributed by atoms with Crippen molar-refractivity contribution in [2.24, 2.45) is 14.6 Å². The van der Waals surface area contributed by atoms with Crippen LogP contribution < -0.4 is 16.6 Å². The molecule has 7 nitrogen and oxygen atoms in total. The Morgan fingerprint density at radius 3 is 2.71 bits per heavy atom. The molecule has 2 aromatic rings. The first-order valence-electron chi connectivity index (χ1n) is 5.46. The number of hydrogen-bond donors (Lipinski definition) is 3. The number of benzene rings is 1. The van der Waals surface area contributed by atoms with Crippen LogP contribution >= 0.6 is 39.1 Å². The molecule has 11 heteroatoms. The van der Waals surface area contributed by atoms with Crippen molar-refractivity contribution in [2.45, 2.75) is 0 Å². The van der Waals surface area contributed by atoms with Gasteiger partial charge in [0, 0.05) is 6.20 Å². The molecule has 1 aliphatic rings. The number of aromatic nitrogens is 2. The number of nitrogen functional groups attached to an aromatic ring is 1. The van der Waals surface area contributed by atoms with E-state index in [0.29, 0.717) is 37.4 Å². The quantitative estimate of drug-likeness (QED) is 0.444. The van der Waals surface area contributed by atoms with Gasteiger partial charge < -0.3 is 5.32 Å². The van der Waals surface area contributed by atoms with Crippen LogP contribution in [-0.4, -0.2) is 9.97 Å². The Bertz CT molecular complexity index is 806. The van der Waals surface area contributed by atoms with E-state index in [-0.39, 0.29) is 5.95 Å². The third-order valence-electron chi connectivity index (χ3n) is 2.56. The van der Waals surface area contributed by atoms with Crippen molar-refractivity contribution in [1.82, 2.24) is 9.97 Å². The number of hydrazine groups is 1. The minimum atomic E-state index is 0.262. The first-order chi connectivity index (χ1) is 10.1. The molecule has 0 radical (unpaired) electrons. The molecule has 1 aromatic carbocycles. The van der Waals surface area contributed by atoms with E-state index in [4.69, 9.17) is 29.0 Å². The first-order valence-corrected chi connectivity index (χ1v) is 7.74. The maximum atomic E-state index is 6.23. The van der Waals surface area contributed by atoms with E-state index >= 15 is 0 Å². The maximum Gasteiger partial charge on any atom is 0.239 e. The van der Waals surface area contributed by atoms with Gasteiger partial charge in [-0.05, 0) is 22.0 Å². The zero-order chi connectivity index (χ0) is 15.0. The van der Waals surface area contributed by atoms with Crippen LogP contribution in [0.1, 0.15) is 0 Å².